The lowest BCUT2D eigenvalue weighted by molar-refractivity contribution is -0.197. The minimum atomic E-state index is -4.40. The van der Waals surface area contributed by atoms with Crippen LogP contribution in [-0.4, -0.2) is 101 Å². The summed E-state index contributed by atoms with van der Waals surface area (Å²) in [6.07, 6.45) is -4.84. The summed E-state index contributed by atoms with van der Waals surface area (Å²) in [5, 5.41) is 24.4. The van der Waals surface area contributed by atoms with Gasteiger partial charge >= 0.3 is 6.09 Å². The number of ether oxygens (including phenoxy) is 1. The molecule has 0 radical (unpaired) electrons. The minimum absolute atomic E-state index is 0.0183. The van der Waals surface area contributed by atoms with Gasteiger partial charge in [0.25, 0.3) is 20.0 Å². The van der Waals surface area contributed by atoms with Crippen molar-refractivity contribution in [2.24, 2.45) is 5.73 Å². The summed E-state index contributed by atoms with van der Waals surface area (Å²) in [5.74, 6) is 0. The highest BCUT2D eigenvalue weighted by atomic mass is 32.2. The van der Waals surface area contributed by atoms with Crippen LogP contribution in [0.2, 0.25) is 0 Å². The maximum Gasteiger partial charge on any atom is 0.412 e. The molecule has 0 bridgehead atoms. The third kappa shape index (κ3) is 13.9. The van der Waals surface area contributed by atoms with Crippen molar-refractivity contribution in [1.29, 1.82) is 0 Å². The molecule has 61 heavy (non-hydrogen) atoms. The Kier molecular flexibility index (Phi) is 16.1. The third-order valence-corrected chi connectivity index (χ3v) is 12.4. The molecule has 0 saturated carbocycles. The first-order valence-corrected chi connectivity index (χ1v) is 22.9. The zero-order chi connectivity index (χ0) is 45.4. The van der Waals surface area contributed by atoms with Crippen molar-refractivity contribution in [3.05, 3.63) is 132 Å². The molecule has 0 aliphatic heterocycles. The van der Waals surface area contributed by atoms with Gasteiger partial charge in [0.05, 0.1) is 46.2 Å². The number of rotatable bonds is 18. The predicted molar refractivity (Wildman–Crippen MR) is 233 cm³/mol. The van der Waals surface area contributed by atoms with Gasteiger partial charge in [0, 0.05) is 12.0 Å². The number of nitrogens with two attached hydrogens (primary N) is 1. The standard InChI is InChI=1S/C45H62N4O10S2/c1-42(2,3)49(38(30-34-22-14-10-15-23-34)39(50)32-47(58-43(4,5)6)60(53,54)36-26-18-12-19-27-36)41(52)57-45(46,31-35-24-16-11-17-25-35)40(51)33-48(59-44(7,8)9)61(55,56)37-28-20-13-21-29-37/h10-29,38-40,50-51H,30-33,46H2,1-9H3/t38-,39-,40+,45-/m0/s1. The summed E-state index contributed by atoms with van der Waals surface area (Å²) < 4.78 is 63.8. The van der Waals surface area contributed by atoms with Gasteiger partial charge in [0.15, 0.2) is 5.72 Å². The number of hydrogen-bond donors (Lipinski definition) is 3. The number of aliphatic hydroxyl groups is 2. The van der Waals surface area contributed by atoms with Gasteiger partial charge in [-0.15, -0.1) is 0 Å². The Balaban J connectivity index is 1.81. The van der Waals surface area contributed by atoms with Crippen molar-refractivity contribution in [1.82, 2.24) is 13.8 Å². The molecular weight excluding hydrogens is 821 g/mol. The molecule has 4 aromatic carbocycles. The smallest absolute Gasteiger partial charge is 0.412 e. The SMILES string of the molecule is CC(C)(C)ON(C[C@@H](O)[C@](N)(Cc1ccccc1)OC(=O)N([C@@H](Cc1ccccc1)[C@@H](O)CN(OC(C)(C)C)S(=O)(=O)c1ccccc1)C(C)(C)C)S(=O)(=O)c1ccccc1. The lowest BCUT2D eigenvalue weighted by Gasteiger charge is -2.46. The van der Waals surface area contributed by atoms with Crippen molar-refractivity contribution in [2.45, 2.75) is 126 Å². The maximum absolute atomic E-state index is 15.0. The number of aliphatic hydroxyl groups excluding tert-OH is 2. The Bertz CT molecular complexity index is 2220. The van der Waals surface area contributed by atoms with Gasteiger partial charge in [0.2, 0.25) is 0 Å². The first-order chi connectivity index (χ1) is 28.2. The van der Waals surface area contributed by atoms with Crippen LogP contribution in [-0.2, 0) is 47.3 Å². The van der Waals surface area contributed by atoms with Gasteiger partial charge in [-0.1, -0.05) is 106 Å². The fourth-order valence-corrected chi connectivity index (χ4v) is 9.28. The van der Waals surface area contributed by atoms with E-state index >= 15 is 0 Å². The molecule has 0 heterocycles. The van der Waals surface area contributed by atoms with Crippen LogP contribution in [0, 0.1) is 0 Å². The zero-order valence-corrected chi connectivity index (χ0v) is 38.1. The van der Waals surface area contributed by atoms with Crippen molar-refractivity contribution < 1.29 is 46.3 Å². The fourth-order valence-electron chi connectivity index (χ4n) is 6.48. The van der Waals surface area contributed by atoms with Gasteiger partial charge < -0.3 is 14.9 Å². The normalized spacial score (nSPS) is 15.5. The van der Waals surface area contributed by atoms with E-state index < -0.39 is 79.9 Å². The molecule has 16 heteroatoms. The van der Waals surface area contributed by atoms with E-state index in [0.717, 1.165) is 4.47 Å². The van der Waals surface area contributed by atoms with E-state index in [9.17, 15) is 31.8 Å². The third-order valence-electron chi connectivity index (χ3n) is 9.18. The van der Waals surface area contributed by atoms with Crippen LogP contribution in [0.5, 0.6) is 0 Å². The molecular formula is C45H62N4O10S2. The molecule has 4 aromatic rings. The molecule has 0 unspecified atom stereocenters. The van der Waals surface area contributed by atoms with Crippen LogP contribution in [0.15, 0.2) is 131 Å². The Labute approximate surface area is 361 Å². The lowest BCUT2D eigenvalue weighted by atomic mass is 9.94. The molecule has 0 aromatic heterocycles. The summed E-state index contributed by atoms with van der Waals surface area (Å²) in [4.78, 5) is 28.0. The van der Waals surface area contributed by atoms with E-state index in [2.05, 4.69) is 0 Å². The molecule has 0 aliphatic carbocycles. The van der Waals surface area contributed by atoms with Crippen LogP contribution in [0.3, 0.4) is 0 Å². The highest BCUT2D eigenvalue weighted by Crippen LogP contribution is 2.31. The largest absolute Gasteiger partial charge is 0.425 e. The van der Waals surface area contributed by atoms with E-state index in [-0.39, 0.29) is 22.6 Å². The highest BCUT2D eigenvalue weighted by Gasteiger charge is 2.47. The van der Waals surface area contributed by atoms with E-state index in [1.165, 1.54) is 29.2 Å². The first kappa shape index (κ1) is 49.4. The topological polar surface area (TPSA) is 189 Å². The summed E-state index contributed by atoms with van der Waals surface area (Å²) in [7, 11) is -8.75. The lowest BCUT2D eigenvalue weighted by Crippen LogP contribution is -2.64. The predicted octanol–water partition coefficient (Wildman–Crippen LogP) is 6.30. The minimum Gasteiger partial charge on any atom is -0.425 e. The van der Waals surface area contributed by atoms with Gasteiger partial charge in [-0.3, -0.25) is 20.3 Å². The number of carbonyl (C=O) groups is 1. The average molecular weight is 883 g/mol. The number of carbonyl (C=O) groups excluding carboxylic acids is 1. The van der Waals surface area contributed by atoms with Crippen LogP contribution in [0.25, 0.3) is 0 Å². The quantitative estimate of drug-likeness (QED) is 0.0752. The molecule has 4 rings (SSSR count). The second-order valence-electron chi connectivity index (χ2n) is 17.9. The summed E-state index contributed by atoms with van der Waals surface area (Å²) in [6.45, 7) is 13.7. The number of nitrogens with zero attached hydrogens (tertiary/aromatic N) is 3. The van der Waals surface area contributed by atoms with Crippen LogP contribution < -0.4 is 5.73 Å². The Morgan fingerprint density at radius 1 is 0.607 bits per heavy atom. The Hall–Kier alpha value is -4.23. The van der Waals surface area contributed by atoms with Crippen molar-refractivity contribution in [3.8, 4) is 0 Å². The van der Waals surface area contributed by atoms with Gasteiger partial charge in [0.1, 0.15) is 6.10 Å². The second kappa shape index (κ2) is 19.9. The number of hydrogen-bond acceptors (Lipinski definition) is 11. The van der Waals surface area contributed by atoms with Gasteiger partial charge in [-0.05, 0) is 104 Å². The molecule has 4 atom stereocenters. The Morgan fingerprint density at radius 3 is 1.38 bits per heavy atom. The number of amides is 1. The van der Waals surface area contributed by atoms with E-state index in [1.54, 1.807) is 153 Å². The van der Waals surface area contributed by atoms with Crippen LogP contribution in [0.1, 0.15) is 73.4 Å². The second-order valence-corrected chi connectivity index (χ2v) is 21.5. The summed E-state index contributed by atoms with van der Waals surface area (Å²) in [5.41, 5.74) is 2.71. The molecule has 0 spiro atoms. The fraction of sp³-hybridized carbons (Fsp3) is 0.444. The maximum atomic E-state index is 15.0. The molecule has 0 fully saturated rings. The number of benzene rings is 4. The molecule has 1 amide bonds. The van der Waals surface area contributed by atoms with Gasteiger partial charge in [-0.25, -0.2) is 21.6 Å². The zero-order valence-electron chi connectivity index (χ0n) is 36.5. The van der Waals surface area contributed by atoms with E-state index in [0.29, 0.717) is 15.6 Å². The molecule has 14 nitrogen and oxygen atoms in total. The van der Waals surface area contributed by atoms with E-state index in [4.69, 9.17) is 20.1 Å². The number of sulfonamides is 2. The van der Waals surface area contributed by atoms with Crippen molar-refractivity contribution >= 4 is 26.1 Å². The van der Waals surface area contributed by atoms with E-state index in [1.807, 2.05) is 6.07 Å². The molecule has 4 N–H and O–H groups in total. The summed E-state index contributed by atoms with van der Waals surface area (Å²) in [6, 6.07) is 31.7. The summed E-state index contributed by atoms with van der Waals surface area (Å²) >= 11 is 0. The first-order valence-electron chi connectivity index (χ1n) is 20.0. The number of hydroxylamine groups is 2. The molecule has 0 aliphatic rings. The monoisotopic (exact) mass is 882 g/mol. The molecule has 0 saturated heterocycles. The van der Waals surface area contributed by atoms with Crippen molar-refractivity contribution in [3.63, 3.8) is 0 Å². The Morgan fingerprint density at radius 2 is 0.984 bits per heavy atom. The van der Waals surface area contributed by atoms with Crippen LogP contribution in [0.4, 0.5) is 4.79 Å². The average Bonchev–Trinajstić information content (AvgIpc) is 3.17. The van der Waals surface area contributed by atoms with Crippen LogP contribution >= 0.6 is 0 Å². The molecule has 334 valence electrons. The van der Waals surface area contributed by atoms with Crippen molar-refractivity contribution in [2.75, 3.05) is 13.1 Å². The highest BCUT2D eigenvalue weighted by molar-refractivity contribution is 7.89. The van der Waals surface area contributed by atoms with Gasteiger partial charge in [-0.2, -0.15) is 0 Å².